The topological polar surface area (TPSA) is 67.9 Å². The van der Waals surface area contributed by atoms with Gasteiger partial charge in [-0.2, -0.15) is 0 Å². The van der Waals surface area contributed by atoms with Crippen molar-refractivity contribution >= 4 is 23.4 Å². The highest BCUT2D eigenvalue weighted by atomic mass is 35.5. The Bertz CT molecular complexity index is 950. The summed E-state index contributed by atoms with van der Waals surface area (Å²) in [6.07, 6.45) is 3.21. The van der Waals surface area contributed by atoms with Gasteiger partial charge < -0.3 is 19.7 Å². The number of hydrogen-bond donors (Lipinski definition) is 1. The van der Waals surface area contributed by atoms with Gasteiger partial charge in [-0.3, -0.25) is 9.59 Å². The summed E-state index contributed by atoms with van der Waals surface area (Å²) in [5.74, 6) is 1.16. The number of aryl methyl sites for hydroxylation is 1. The fraction of sp³-hybridized carbons (Fsp3) is 0.500. The maximum Gasteiger partial charge on any atom is 0.242 e. The Kier molecular flexibility index (Phi) is 12.5. The number of ether oxygens (including phenoxy) is 2. The van der Waals surface area contributed by atoms with Crippen LogP contribution in [-0.4, -0.2) is 42.5 Å². The van der Waals surface area contributed by atoms with Crippen molar-refractivity contribution in [2.45, 2.75) is 72.4 Å². The van der Waals surface area contributed by atoms with E-state index in [9.17, 15) is 9.59 Å². The van der Waals surface area contributed by atoms with Crippen molar-refractivity contribution < 1.29 is 19.1 Å². The molecule has 0 saturated heterocycles. The van der Waals surface area contributed by atoms with Gasteiger partial charge in [-0.1, -0.05) is 56.1 Å². The fourth-order valence-corrected chi connectivity index (χ4v) is 4.08. The monoisotopic (exact) mass is 502 g/mol. The third-order valence-electron chi connectivity index (χ3n) is 5.75. The number of hydrogen-bond acceptors (Lipinski definition) is 4. The van der Waals surface area contributed by atoms with E-state index in [1.54, 1.807) is 11.0 Å². The van der Waals surface area contributed by atoms with Gasteiger partial charge in [0.15, 0.2) is 11.5 Å². The number of carbonyl (C=O) groups excluding carboxylic acids is 2. The zero-order valence-corrected chi connectivity index (χ0v) is 22.2. The highest BCUT2D eigenvalue weighted by molar-refractivity contribution is 6.31. The summed E-state index contributed by atoms with van der Waals surface area (Å²) in [6, 6.07) is 12.6. The number of halogens is 1. The molecular formula is C28H39ClN2O4. The van der Waals surface area contributed by atoms with Gasteiger partial charge >= 0.3 is 0 Å². The number of rotatable bonds is 15. The first-order valence-corrected chi connectivity index (χ1v) is 13.0. The Morgan fingerprint density at radius 3 is 2.37 bits per heavy atom. The van der Waals surface area contributed by atoms with Gasteiger partial charge in [0.1, 0.15) is 6.04 Å². The largest absolute Gasteiger partial charge is 0.490 e. The van der Waals surface area contributed by atoms with Crippen LogP contribution in [0.1, 0.15) is 64.5 Å². The summed E-state index contributed by atoms with van der Waals surface area (Å²) in [7, 11) is 0. The molecular weight excluding hydrogens is 464 g/mol. The van der Waals surface area contributed by atoms with Crippen LogP contribution >= 0.6 is 11.6 Å². The molecule has 192 valence electrons. The number of unbranched alkanes of at least 4 members (excludes halogenated alkanes) is 1. The van der Waals surface area contributed by atoms with Crippen molar-refractivity contribution in [2.75, 3.05) is 19.8 Å². The third kappa shape index (κ3) is 8.77. The maximum absolute atomic E-state index is 13.5. The van der Waals surface area contributed by atoms with Gasteiger partial charge in [0, 0.05) is 24.5 Å². The molecule has 1 N–H and O–H groups in total. The smallest absolute Gasteiger partial charge is 0.242 e. The number of carbonyl (C=O) groups is 2. The van der Waals surface area contributed by atoms with Crippen LogP contribution in [-0.2, 0) is 22.6 Å². The summed E-state index contributed by atoms with van der Waals surface area (Å²) in [5.41, 5.74) is 1.80. The van der Waals surface area contributed by atoms with Crippen molar-refractivity contribution in [3.8, 4) is 11.5 Å². The normalized spacial score (nSPS) is 11.6. The van der Waals surface area contributed by atoms with Gasteiger partial charge in [0.05, 0.1) is 13.2 Å². The Balaban J connectivity index is 2.21. The fourth-order valence-electron chi connectivity index (χ4n) is 3.88. The highest BCUT2D eigenvalue weighted by Crippen LogP contribution is 2.29. The molecule has 2 aromatic carbocycles. The van der Waals surface area contributed by atoms with Crippen LogP contribution in [0.15, 0.2) is 42.5 Å². The molecule has 1 atom stereocenters. The highest BCUT2D eigenvalue weighted by Gasteiger charge is 2.28. The molecule has 0 aliphatic heterocycles. The zero-order chi connectivity index (χ0) is 25.6. The van der Waals surface area contributed by atoms with Gasteiger partial charge in [-0.25, -0.2) is 0 Å². The number of nitrogens with zero attached hydrogens (tertiary/aromatic N) is 1. The SMILES string of the molecule is CCCCNC(=O)C(CC)N(Cc1ccccc1Cl)C(=O)CCc1ccc(OCC)c(OCC)c1. The van der Waals surface area contributed by atoms with Crippen molar-refractivity contribution in [3.05, 3.63) is 58.6 Å². The molecule has 7 heteroatoms. The van der Waals surface area contributed by atoms with E-state index in [-0.39, 0.29) is 24.8 Å². The quantitative estimate of drug-likeness (QED) is 0.313. The Morgan fingerprint density at radius 2 is 1.71 bits per heavy atom. The van der Waals surface area contributed by atoms with Crippen LogP contribution in [0.5, 0.6) is 11.5 Å². The first-order valence-electron chi connectivity index (χ1n) is 12.6. The lowest BCUT2D eigenvalue weighted by Gasteiger charge is -2.31. The van der Waals surface area contributed by atoms with Crippen molar-refractivity contribution in [1.82, 2.24) is 10.2 Å². The molecule has 2 rings (SSSR count). The first-order chi connectivity index (χ1) is 16.9. The van der Waals surface area contributed by atoms with Crippen LogP contribution in [0, 0.1) is 0 Å². The average molecular weight is 503 g/mol. The Morgan fingerprint density at radius 1 is 1.00 bits per heavy atom. The first kappa shape index (κ1) is 28.5. The predicted octanol–water partition coefficient (Wildman–Crippen LogP) is 5.79. The number of nitrogens with one attached hydrogen (secondary N) is 1. The summed E-state index contributed by atoms with van der Waals surface area (Å²) in [6.45, 7) is 9.82. The molecule has 0 aliphatic rings. The number of amides is 2. The van der Waals surface area contributed by atoms with Gasteiger partial charge in [-0.15, -0.1) is 0 Å². The molecule has 35 heavy (non-hydrogen) atoms. The summed E-state index contributed by atoms with van der Waals surface area (Å²) in [4.78, 5) is 28.2. The van der Waals surface area contributed by atoms with Crippen LogP contribution < -0.4 is 14.8 Å². The van der Waals surface area contributed by atoms with E-state index in [0.29, 0.717) is 49.1 Å². The Hall–Kier alpha value is -2.73. The summed E-state index contributed by atoms with van der Waals surface area (Å²) < 4.78 is 11.4. The van der Waals surface area contributed by atoms with E-state index >= 15 is 0 Å². The van der Waals surface area contributed by atoms with E-state index in [1.165, 1.54) is 0 Å². The van der Waals surface area contributed by atoms with Gasteiger partial charge in [-0.05, 0) is 62.4 Å². The van der Waals surface area contributed by atoms with E-state index in [0.717, 1.165) is 24.0 Å². The van der Waals surface area contributed by atoms with Crippen LogP contribution in [0.3, 0.4) is 0 Å². The molecule has 6 nitrogen and oxygen atoms in total. The summed E-state index contributed by atoms with van der Waals surface area (Å²) >= 11 is 6.40. The van der Waals surface area contributed by atoms with Crippen LogP contribution in [0.2, 0.25) is 5.02 Å². The molecule has 1 unspecified atom stereocenters. The molecule has 0 radical (unpaired) electrons. The van der Waals surface area contributed by atoms with Gasteiger partial charge in [0.2, 0.25) is 11.8 Å². The second-order valence-corrected chi connectivity index (χ2v) is 8.74. The molecule has 0 bridgehead atoms. The molecule has 2 aromatic rings. The third-order valence-corrected chi connectivity index (χ3v) is 6.12. The second kappa shape index (κ2) is 15.3. The molecule has 0 spiro atoms. The minimum Gasteiger partial charge on any atom is -0.490 e. The van der Waals surface area contributed by atoms with Crippen LogP contribution in [0.4, 0.5) is 0 Å². The van der Waals surface area contributed by atoms with E-state index < -0.39 is 6.04 Å². The standard InChI is InChI=1S/C28H39ClN2O4/c1-5-9-18-30-28(33)24(6-2)31(20-22-12-10-11-13-23(22)29)27(32)17-15-21-14-16-25(34-7-3)26(19-21)35-8-4/h10-14,16,19,24H,5-9,15,17-18,20H2,1-4H3,(H,30,33). The van der Waals surface area contributed by atoms with Crippen molar-refractivity contribution in [1.29, 1.82) is 0 Å². The summed E-state index contributed by atoms with van der Waals surface area (Å²) in [5, 5.41) is 3.57. The lowest BCUT2D eigenvalue weighted by Crippen LogP contribution is -2.49. The second-order valence-electron chi connectivity index (χ2n) is 8.33. The predicted molar refractivity (Wildman–Crippen MR) is 141 cm³/mol. The van der Waals surface area contributed by atoms with Gasteiger partial charge in [0.25, 0.3) is 0 Å². The van der Waals surface area contributed by atoms with E-state index in [4.69, 9.17) is 21.1 Å². The molecule has 2 amide bonds. The average Bonchev–Trinajstić information content (AvgIpc) is 2.85. The van der Waals surface area contributed by atoms with Crippen LogP contribution in [0.25, 0.3) is 0 Å². The maximum atomic E-state index is 13.5. The van der Waals surface area contributed by atoms with Crippen molar-refractivity contribution in [3.63, 3.8) is 0 Å². The molecule has 0 fully saturated rings. The Labute approximate surface area is 214 Å². The van der Waals surface area contributed by atoms with E-state index in [2.05, 4.69) is 12.2 Å². The molecule has 0 aliphatic carbocycles. The minimum absolute atomic E-state index is 0.0887. The number of benzene rings is 2. The lowest BCUT2D eigenvalue weighted by molar-refractivity contribution is -0.141. The molecule has 0 heterocycles. The minimum atomic E-state index is -0.560. The zero-order valence-electron chi connectivity index (χ0n) is 21.4. The lowest BCUT2D eigenvalue weighted by atomic mass is 10.1. The molecule has 0 aromatic heterocycles. The van der Waals surface area contributed by atoms with Crippen molar-refractivity contribution in [2.24, 2.45) is 0 Å². The van der Waals surface area contributed by atoms with E-state index in [1.807, 2.05) is 57.2 Å². The molecule has 0 saturated carbocycles.